The zero-order chi connectivity index (χ0) is 24.4. The lowest BCUT2D eigenvalue weighted by atomic mass is 10.0. The van der Waals surface area contributed by atoms with Crippen molar-refractivity contribution in [2.24, 2.45) is 0 Å². The fraction of sp³-hybridized carbons (Fsp3) is 0.320. The number of hydrogen-bond acceptors (Lipinski definition) is 8. The van der Waals surface area contributed by atoms with Crippen molar-refractivity contribution in [3.05, 3.63) is 63.9 Å². The van der Waals surface area contributed by atoms with E-state index >= 15 is 0 Å². The minimum Gasteiger partial charge on any atom is -0.377 e. The highest BCUT2D eigenvalue weighted by molar-refractivity contribution is 7.14. The summed E-state index contributed by atoms with van der Waals surface area (Å²) in [6, 6.07) is 9.32. The average Bonchev–Trinajstić information content (AvgIpc) is 3.33. The van der Waals surface area contributed by atoms with Crippen LogP contribution in [0.15, 0.2) is 42.7 Å². The third-order valence-electron chi connectivity index (χ3n) is 6.05. The monoisotopic (exact) mass is 508 g/mol. The van der Waals surface area contributed by atoms with E-state index in [0.29, 0.717) is 40.3 Å². The molecular formula is C25H25ClN6O2S. The molecule has 10 heteroatoms. The Morgan fingerprint density at radius 3 is 2.89 bits per heavy atom. The van der Waals surface area contributed by atoms with Crippen LogP contribution in [0.25, 0.3) is 21.5 Å². The van der Waals surface area contributed by atoms with Crippen molar-refractivity contribution in [3.63, 3.8) is 0 Å². The molecule has 4 aromatic rings. The van der Waals surface area contributed by atoms with E-state index in [2.05, 4.69) is 20.5 Å². The molecule has 1 amide bonds. The van der Waals surface area contributed by atoms with Gasteiger partial charge in [0.2, 0.25) is 0 Å². The van der Waals surface area contributed by atoms with Gasteiger partial charge >= 0.3 is 0 Å². The number of rotatable bonds is 6. The third kappa shape index (κ3) is 4.90. The van der Waals surface area contributed by atoms with Gasteiger partial charge in [0.1, 0.15) is 16.5 Å². The Bertz CT molecular complexity index is 1350. The fourth-order valence-electron chi connectivity index (χ4n) is 4.45. The maximum atomic E-state index is 14.0. The van der Waals surface area contributed by atoms with Gasteiger partial charge in [-0.1, -0.05) is 22.9 Å². The number of piperidine rings is 1. The molecule has 0 unspecified atom stereocenters. The number of aryl methyl sites for hydroxylation is 1. The summed E-state index contributed by atoms with van der Waals surface area (Å²) in [6.07, 6.45) is 5.22. The SMILES string of the molecule is COCc1nnc(-c2ccc(C(=O)N(c3nccc4cc(Cl)cc(C)c34)[C@@H]3CCCNC3)cn2)s1. The molecule has 8 nitrogen and oxygen atoms in total. The standard InChI is InChI=1S/C25H25ClN6O2S/c1-15-10-18(26)11-16-7-9-28-23(22(15)16)32(19-4-3-8-27-13-19)25(33)17-5-6-20(29-12-17)24-31-30-21(35-24)14-34-2/h5-7,9-12,19,27H,3-4,8,13-14H2,1-2H3/t19-/m1/s1. The topological polar surface area (TPSA) is 93.1 Å². The number of carbonyl (C=O) groups excluding carboxylic acids is 1. The Morgan fingerprint density at radius 1 is 1.26 bits per heavy atom. The predicted octanol–water partition coefficient (Wildman–Crippen LogP) is 4.66. The molecule has 1 aliphatic rings. The van der Waals surface area contributed by atoms with Crippen molar-refractivity contribution in [1.29, 1.82) is 0 Å². The van der Waals surface area contributed by atoms with Gasteiger partial charge in [0.15, 0.2) is 5.01 Å². The van der Waals surface area contributed by atoms with Crippen molar-refractivity contribution < 1.29 is 9.53 Å². The number of halogens is 1. The molecule has 0 saturated carbocycles. The van der Waals surface area contributed by atoms with Crippen molar-refractivity contribution in [2.75, 3.05) is 25.1 Å². The first-order valence-corrected chi connectivity index (χ1v) is 12.6. The van der Waals surface area contributed by atoms with Crippen LogP contribution in [0.3, 0.4) is 0 Å². The van der Waals surface area contributed by atoms with Crippen molar-refractivity contribution >= 4 is 45.4 Å². The highest BCUT2D eigenvalue weighted by atomic mass is 35.5. The van der Waals surface area contributed by atoms with E-state index in [0.717, 1.165) is 40.7 Å². The molecule has 5 rings (SSSR count). The van der Waals surface area contributed by atoms with Gasteiger partial charge < -0.3 is 10.1 Å². The van der Waals surface area contributed by atoms with Gasteiger partial charge in [0.25, 0.3) is 5.91 Å². The zero-order valence-electron chi connectivity index (χ0n) is 19.5. The molecule has 1 atom stereocenters. The lowest BCUT2D eigenvalue weighted by Crippen LogP contribution is -2.49. The molecule has 1 aromatic carbocycles. The Morgan fingerprint density at radius 2 is 2.14 bits per heavy atom. The second kappa shape index (κ2) is 10.3. The minimum absolute atomic E-state index is 0.0242. The molecule has 0 radical (unpaired) electrons. The summed E-state index contributed by atoms with van der Waals surface area (Å²) in [5.41, 5.74) is 2.14. The van der Waals surface area contributed by atoms with E-state index in [1.54, 1.807) is 25.6 Å². The number of amides is 1. The summed E-state index contributed by atoms with van der Waals surface area (Å²) in [5.74, 6) is 0.511. The summed E-state index contributed by atoms with van der Waals surface area (Å²) in [4.78, 5) is 25.0. The largest absolute Gasteiger partial charge is 0.377 e. The Balaban J connectivity index is 1.53. The summed E-state index contributed by atoms with van der Waals surface area (Å²) >= 11 is 7.73. The first-order chi connectivity index (χ1) is 17.0. The Labute approximate surface area is 212 Å². The number of nitrogens with one attached hydrogen (secondary N) is 1. The second-order valence-electron chi connectivity index (χ2n) is 8.50. The fourth-order valence-corrected chi connectivity index (χ4v) is 5.52. The molecule has 1 fully saturated rings. The first-order valence-electron chi connectivity index (χ1n) is 11.4. The van der Waals surface area contributed by atoms with E-state index in [-0.39, 0.29) is 11.9 Å². The van der Waals surface area contributed by atoms with E-state index in [9.17, 15) is 4.79 Å². The number of hydrogen-bond donors (Lipinski definition) is 1. The summed E-state index contributed by atoms with van der Waals surface area (Å²) in [5, 5.41) is 15.7. The van der Waals surface area contributed by atoms with Crippen molar-refractivity contribution in [3.8, 4) is 10.7 Å². The predicted molar refractivity (Wildman–Crippen MR) is 138 cm³/mol. The van der Waals surface area contributed by atoms with Crippen LogP contribution in [0, 0.1) is 6.92 Å². The van der Waals surface area contributed by atoms with E-state index in [1.165, 1.54) is 11.3 Å². The van der Waals surface area contributed by atoms with Gasteiger partial charge in [0.05, 0.1) is 18.2 Å². The van der Waals surface area contributed by atoms with E-state index < -0.39 is 0 Å². The van der Waals surface area contributed by atoms with Crippen LogP contribution in [0.1, 0.15) is 33.8 Å². The lowest BCUT2D eigenvalue weighted by molar-refractivity contribution is 0.0971. The molecule has 0 spiro atoms. The maximum Gasteiger partial charge on any atom is 0.261 e. The number of benzene rings is 1. The van der Waals surface area contributed by atoms with Gasteiger partial charge in [-0.2, -0.15) is 0 Å². The van der Waals surface area contributed by atoms with Crippen LogP contribution < -0.4 is 10.2 Å². The average molecular weight is 509 g/mol. The third-order valence-corrected chi connectivity index (χ3v) is 7.19. The summed E-state index contributed by atoms with van der Waals surface area (Å²) < 4.78 is 5.12. The second-order valence-corrected chi connectivity index (χ2v) is 10.00. The molecule has 0 aliphatic carbocycles. The number of fused-ring (bicyclic) bond motifs is 1. The smallest absolute Gasteiger partial charge is 0.261 e. The molecule has 3 aromatic heterocycles. The molecule has 4 heterocycles. The highest BCUT2D eigenvalue weighted by Gasteiger charge is 2.30. The van der Waals surface area contributed by atoms with Gasteiger partial charge in [-0.15, -0.1) is 10.2 Å². The molecule has 1 saturated heterocycles. The van der Waals surface area contributed by atoms with Gasteiger partial charge in [-0.3, -0.25) is 14.7 Å². The molecule has 180 valence electrons. The number of anilines is 1. The van der Waals surface area contributed by atoms with E-state index in [4.69, 9.17) is 21.3 Å². The van der Waals surface area contributed by atoms with Crippen LogP contribution >= 0.6 is 22.9 Å². The Hall–Kier alpha value is -2.98. The van der Waals surface area contributed by atoms with Gasteiger partial charge in [0, 0.05) is 36.5 Å². The summed E-state index contributed by atoms with van der Waals surface area (Å²) in [6.45, 7) is 4.05. The number of pyridine rings is 2. The number of methoxy groups -OCH3 is 1. The number of nitrogens with zero attached hydrogens (tertiary/aromatic N) is 5. The van der Waals surface area contributed by atoms with Crippen molar-refractivity contribution in [1.82, 2.24) is 25.5 Å². The van der Waals surface area contributed by atoms with Crippen LogP contribution in [0.4, 0.5) is 5.82 Å². The van der Waals surface area contributed by atoms with Crippen LogP contribution in [-0.4, -0.2) is 52.3 Å². The highest BCUT2D eigenvalue weighted by Crippen LogP contribution is 2.33. The van der Waals surface area contributed by atoms with Gasteiger partial charge in [-0.25, -0.2) is 4.98 Å². The molecular weight excluding hydrogens is 484 g/mol. The molecule has 0 bridgehead atoms. The zero-order valence-corrected chi connectivity index (χ0v) is 21.1. The van der Waals surface area contributed by atoms with Crippen LogP contribution in [0.5, 0.6) is 0 Å². The molecule has 1 N–H and O–H groups in total. The Kier molecular flexibility index (Phi) is 7.01. The number of carbonyl (C=O) groups is 1. The molecule has 35 heavy (non-hydrogen) atoms. The maximum absolute atomic E-state index is 14.0. The van der Waals surface area contributed by atoms with Gasteiger partial charge in [-0.05, 0) is 67.6 Å². The molecule has 1 aliphatic heterocycles. The lowest BCUT2D eigenvalue weighted by Gasteiger charge is -2.34. The minimum atomic E-state index is -0.135. The van der Waals surface area contributed by atoms with E-state index in [1.807, 2.05) is 36.1 Å². The van der Waals surface area contributed by atoms with Crippen LogP contribution in [0.2, 0.25) is 5.02 Å². The number of ether oxygens (including phenoxy) is 1. The van der Waals surface area contributed by atoms with Crippen LogP contribution in [-0.2, 0) is 11.3 Å². The summed E-state index contributed by atoms with van der Waals surface area (Å²) in [7, 11) is 1.62. The van der Waals surface area contributed by atoms with Crippen molar-refractivity contribution in [2.45, 2.75) is 32.4 Å². The first kappa shape index (κ1) is 23.7. The normalized spacial score (nSPS) is 15.9. The quantitative estimate of drug-likeness (QED) is 0.405. The number of aromatic nitrogens is 4.